The summed E-state index contributed by atoms with van der Waals surface area (Å²) >= 11 is 0. The van der Waals surface area contributed by atoms with Crippen LogP contribution < -0.4 is 9.88 Å². The summed E-state index contributed by atoms with van der Waals surface area (Å²) in [4.78, 5) is 17.0. The van der Waals surface area contributed by atoms with E-state index in [2.05, 4.69) is 10.1 Å². The van der Waals surface area contributed by atoms with Gasteiger partial charge in [0.05, 0.1) is 17.4 Å². The first-order valence-corrected chi connectivity index (χ1v) is 12.5. The number of carbonyl (C=O) groups is 1. The van der Waals surface area contributed by atoms with E-state index in [0.29, 0.717) is 43.6 Å². The number of ether oxygens (including phenoxy) is 2. The topological polar surface area (TPSA) is 129 Å². The molecule has 188 valence electrons. The number of nitrogens with two attached hydrogens (primary N) is 1. The van der Waals surface area contributed by atoms with E-state index in [-0.39, 0.29) is 35.1 Å². The van der Waals surface area contributed by atoms with Gasteiger partial charge in [-0.3, -0.25) is 0 Å². The van der Waals surface area contributed by atoms with E-state index in [1.54, 1.807) is 31.7 Å². The van der Waals surface area contributed by atoms with Gasteiger partial charge in [0.2, 0.25) is 15.9 Å². The van der Waals surface area contributed by atoms with E-state index in [1.165, 1.54) is 10.7 Å². The molecule has 3 aromatic rings. The molecule has 0 atom stereocenters. The van der Waals surface area contributed by atoms with Crippen molar-refractivity contribution in [3.8, 4) is 17.0 Å². The monoisotopic (exact) mass is 509 g/mol. The SMILES string of the molecule is Cc1nn2c(OC3CCN(C(=O)OC(C)C)CC3)ccnc2c1-c1cc(F)c(S(N)(=O)=O)cc1F. The van der Waals surface area contributed by atoms with Crippen LogP contribution in [0.5, 0.6) is 5.88 Å². The molecule has 1 amide bonds. The van der Waals surface area contributed by atoms with Crippen molar-refractivity contribution in [2.45, 2.75) is 50.7 Å². The number of amides is 1. The zero-order chi connectivity index (χ0) is 25.5. The maximum Gasteiger partial charge on any atom is 0.410 e. The first kappa shape index (κ1) is 24.8. The lowest BCUT2D eigenvalue weighted by atomic mass is 10.1. The van der Waals surface area contributed by atoms with Crippen molar-refractivity contribution in [3.05, 3.63) is 41.7 Å². The van der Waals surface area contributed by atoms with Crippen molar-refractivity contribution in [1.29, 1.82) is 0 Å². The molecule has 1 fully saturated rings. The van der Waals surface area contributed by atoms with Gasteiger partial charge < -0.3 is 14.4 Å². The van der Waals surface area contributed by atoms with E-state index in [0.717, 1.165) is 6.07 Å². The van der Waals surface area contributed by atoms with Gasteiger partial charge in [0.1, 0.15) is 22.6 Å². The molecule has 1 saturated heterocycles. The molecule has 0 spiro atoms. The predicted octanol–water partition coefficient (Wildman–Crippen LogP) is 3.02. The molecule has 0 radical (unpaired) electrons. The number of primary sulfonamides is 1. The number of likely N-dealkylation sites (tertiary alicyclic amines) is 1. The summed E-state index contributed by atoms with van der Waals surface area (Å²) in [7, 11) is -4.44. The highest BCUT2D eigenvalue weighted by molar-refractivity contribution is 7.89. The summed E-state index contributed by atoms with van der Waals surface area (Å²) in [5, 5.41) is 9.35. The second-order valence-electron chi connectivity index (χ2n) is 8.52. The molecule has 4 rings (SSSR count). The lowest BCUT2D eigenvalue weighted by Gasteiger charge is -2.31. The van der Waals surface area contributed by atoms with Gasteiger partial charge in [0.15, 0.2) is 5.65 Å². The average Bonchev–Trinajstić information content (AvgIpc) is 3.11. The highest BCUT2D eigenvalue weighted by Gasteiger charge is 2.27. The lowest BCUT2D eigenvalue weighted by molar-refractivity contribution is 0.0502. The zero-order valence-corrected chi connectivity index (χ0v) is 20.2. The Morgan fingerprint density at radius 2 is 1.89 bits per heavy atom. The van der Waals surface area contributed by atoms with Crippen LogP contribution in [-0.2, 0) is 14.8 Å². The fraction of sp³-hybridized carbons (Fsp3) is 0.409. The minimum Gasteiger partial charge on any atom is -0.474 e. The van der Waals surface area contributed by atoms with E-state index < -0.39 is 26.6 Å². The Balaban J connectivity index is 1.61. The number of aryl methyl sites for hydroxylation is 1. The molecule has 3 heterocycles. The zero-order valence-electron chi connectivity index (χ0n) is 19.4. The smallest absolute Gasteiger partial charge is 0.410 e. The van der Waals surface area contributed by atoms with E-state index in [4.69, 9.17) is 14.6 Å². The molecule has 13 heteroatoms. The molecule has 2 aromatic heterocycles. The maximum atomic E-state index is 14.9. The molecule has 1 aliphatic heterocycles. The summed E-state index contributed by atoms with van der Waals surface area (Å²) in [5.74, 6) is -1.82. The second kappa shape index (κ2) is 9.38. The fourth-order valence-electron chi connectivity index (χ4n) is 3.98. The van der Waals surface area contributed by atoms with Crippen LogP contribution in [0.15, 0.2) is 29.3 Å². The Hall–Kier alpha value is -3.32. The van der Waals surface area contributed by atoms with Gasteiger partial charge in [-0.25, -0.2) is 32.1 Å². The van der Waals surface area contributed by atoms with Crippen LogP contribution in [0, 0.1) is 18.6 Å². The highest BCUT2D eigenvalue weighted by Crippen LogP contribution is 2.33. The van der Waals surface area contributed by atoms with Crippen LogP contribution in [0.4, 0.5) is 13.6 Å². The number of benzene rings is 1. The normalized spacial score (nSPS) is 15.1. The van der Waals surface area contributed by atoms with E-state index >= 15 is 0 Å². The molecular formula is C22H25F2N5O5S. The summed E-state index contributed by atoms with van der Waals surface area (Å²) in [6.45, 7) is 6.11. The molecule has 2 N–H and O–H groups in total. The van der Waals surface area contributed by atoms with E-state index in [1.807, 2.05) is 0 Å². The number of piperidine rings is 1. The number of nitrogens with zero attached hydrogens (tertiary/aromatic N) is 4. The Morgan fingerprint density at radius 3 is 2.51 bits per heavy atom. The molecule has 10 nitrogen and oxygen atoms in total. The van der Waals surface area contributed by atoms with Crippen LogP contribution >= 0.6 is 0 Å². The molecule has 35 heavy (non-hydrogen) atoms. The number of rotatable bonds is 5. The third kappa shape index (κ3) is 5.05. The van der Waals surface area contributed by atoms with Crippen molar-refractivity contribution in [2.24, 2.45) is 5.14 Å². The average molecular weight is 510 g/mol. The third-order valence-corrected chi connectivity index (χ3v) is 6.51. The highest BCUT2D eigenvalue weighted by atomic mass is 32.2. The Bertz CT molecular complexity index is 1380. The van der Waals surface area contributed by atoms with Crippen LogP contribution in [0.25, 0.3) is 16.8 Å². The molecule has 0 aliphatic carbocycles. The van der Waals surface area contributed by atoms with Crippen LogP contribution in [0.2, 0.25) is 0 Å². The minimum atomic E-state index is -4.44. The van der Waals surface area contributed by atoms with Crippen molar-refractivity contribution < 1.29 is 31.5 Å². The van der Waals surface area contributed by atoms with Crippen LogP contribution in [0.3, 0.4) is 0 Å². The van der Waals surface area contributed by atoms with Gasteiger partial charge in [-0.1, -0.05) is 0 Å². The van der Waals surface area contributed by atoms with Gasteiger partial charge in [0.25, 0.3) is 0 Å². The number of carbonyl (C=O) groups excluding carboxylic acids is 1. The standard InChI is InChI=1S/C22H25F2N5O5S/c1-12(2)33-22(30)28-8-5-14(6-9-28)34-19-4-7-26-21-20(13(3)27-29(19)21)15-10-17(24)18(11-16(15)23)35(25,31)32/h4,7,10-12,14H,5-6,8-9H2,1-3H3,(H2,25,31,32). The number of aromatic nitrogens is 3. The van der Waals surface area contributed by atoms with Crippen molar-refractivity contribution >= 4 is 21.8 Å². The molecular weight excluding hydrogens is 484 g/mol. The Kier molecular flexibility index (Phi) is 6.64. The Morgan fingerprint density at radius 1 is 1.20 bits per heavy atom. The molecule has 1 aliphatic rings. The molecule has 0 unspecified atom stereocenters. The summed E-state index contributed by atoms with van der Waals surface area (Å²) in [6.07, 6.45) is 1.82. The molecule has 0 bridgehead atoms. The van der Waals surface area contributed by atoms with Gasteiger partial charge in [-0.2, -0.15) is 9.61 Å². The number of sulfonamides is 1. The van der Waals surface area contributed by atoms with Crippen molar-refractivity contribution in [3.63, 3.8) is 0 Å². The van der Waals surface area contributed by atoms with Crippen molar-refractivity contribution in [2.75, 3.05) is 13.1 Å². The van der Waals surface area contributed by atoms with Gasteiger partial charge >= 0.3 is 6.09 Å². The summed E-state index contributed by atoms with van der Waals surface area (Å²) in [5.41, 5.74) is 0.532. The maximum absolute atomic E-state index is 14.9. The third-order valence-electron chi connectivity index (χ3n) is 5.58. The second-order valence-corrected chi connectivity index (χ2v) is 10.1. The van der Waals surface area contributed by atoms with Gasteiger partial charge in [-0.05, 0) is 32.9 Å². The fourth-order valence-corrected chi connectivity index (χ4v) is 4.57. The number of halogens is 2. The van der Waals surface area contributed by atoms with Crippen LogP contribution in [0.1, 0.15) is 32.4 Å². The molecule has 1 aromatic carbocycles. The quantitative estimate of drug-likeness (QED) is 0.560. The van der Waals surface area contributed by atoms with Gasteiger partial charge in [-0.15, -0.1) is 0 Å². The first-order chi connectivity index (χ1) is 16.5. The number of hydrogen-bond donors (Lipinski definition) is 1. The van der Waals surface area contributed by atoms with Crippen LogP contribution in [-0.4, -0.2) is 59.3 Å². The molecule has 0 saturated carbocycles. The minimum absolute atomic E-state index is 0.194. The predicted molar refractivity (Wildman–Crippen MR) is 121 cm³/mol. The largest absolute Gasteiger partial charge is 0.474 e. The van der Waals surface area contributed by atoms with Gasteiger partial charge in [0, 0.05) is 43.8 Å². The summed E-state index contributed by atoms with van der Waals surface area (Å²) in [6, 6.07) is 2.91. The first-order valence-electron chi connectivity index (χ1n) is 10.9. The number of fused-ring (bicyclic) bond motifs is 1. The number of hydrogen-bond acceptors (Lipinski definition) is 7. The summed E-state index contributed by atoms with van der Waals surface area (Å²) < 4.78 is 65.1. The van der Waals surface area contributed by atoms with E-state index in [9.17, 15) is 22.0 Å². The van der Waals surface area contributed by atoms with Crippen molar-refractivity contribution in [1.82, 2.24) is 19.5 Å². The Labute approximate surface area is 200 Å². The lowest BCUT2D eigenvalue weighted by Crippen LogP contribution is -2.42.